The van der Waals surface area contributed by atoms with Crippen LogP contribution in [0, 0.1) is 6.92 Å². The van der Waals surface area contributed by atoms with Crippen LogP contribution in [0.3, 0.4) is 0 Å². The van der Waals surface area contributed by atoms with E-state index in [4.69, 9.17) is 0 Å². The third-order valence-electron chi connectivity index (χ3n) is 3.89. The second-order valence-electron chi connectivity index (χ2n) is 5.74. The number of thiazole rings is 1. The third kappa shape index (κ3) is 3.85. The number of nitrogens with zero attached hydrogens (tertiary/aromatic N) is 1. The van der Waals surface area contributed by atoms with E-state index in [0.29, 0.717) is 11.7 Å². The minimum absolute atomic E-state index is 0.190. The average Bonchev–Trinajstić information content (AvgIpc) is 2.75. The summed E-state index contributed by atoms with van der Waals surface area (Å²) in [6.07, 6.45) is 5.85. The van der Waals surface area contributed by atoms with Crippen molar-refractivity contribution in [1.29, 1.82) is 0 Å². The van der Waals surface area contributed by atoms with Crippen molar-refractivity contribution in [3.8, 4) is 0 Å². The minimum Gasteiger partial charge on any atom is -0.334 e. The van der Waals surface area contributed by atoms with Gasteiger partial charge in [-0.25, -0.2) is 9.78 Å². The lowest BCUT2D eigenvalue weighted by molar-refractivity contribution is 0.251. The zero-order chi connectivity index (χ0) is 15.4. The van der Waals surface area contributed by atoms with Gasteiger partial charge in [0, 0.05) is 11.4 Å². The Labute approximate surface area is 135 Å². The highest BCUT2D eigenvalue weighted by Gasteiger charge is 2.15. The number of aromatic nitrogens is 1. The second kappa shape index (κ2) is 6.92. The van der Waals surface area contributed by atoms with Gasteiger partial charge in [-0.3, -0.25) is 5.32 Å². The molecule has 2 aromatic rings. The first-order valence-electron chi connectivity index (χ1n) is 7.80. The number of rotatable bonds is 3. The molecule has 116 valence electrons. The Balaban J connectivity index is 1.54. The number of urea groups is 1. The summed E-state index contributed by atoms with van der Waals surface area (Å²) in [6.45, 7) is 2.58. The van der Waals surface area contributed by atoms with E-state index in [2.05, 4.69) is 22.5 Å². The van der Waals surface area contributed by atoms with Gasteiger partial charge in [-0.15, -0.1) is 11.3 Å². The van der Waals surface area contributed by atoms with E-state index >= 15 is 0 Å². The summed E-state index contributed by atoms with van der Waals surface area (Å²) in [6, 6.07) is 7.96. The predicted octanol–water partition coefficient (Wildman–Crippen LogP) is 4.04. The summed E-state index contributed by atoms with van der Waals surface area (Å²) in [5.74, 6) is 0. The van der Waals surface area contributed by atoms with E-state index in [1.54, 1.807) is 11.3 Å². The third-order valence-corrected chi connectivity index (χ3v) is 4.96. The Morgan fingerprint density at radius 1 is 1.18 bits per heavy atom. The topological polar surface area (TPSA) is 54.0 Å². The molecule has 0 unspecified atom stereocenters. The lowest BCUT2D eigenvalue weighted by atomic mass is 10.1. The molecule has 1 aromatic carbocycles. The zero-order valence-corrected chi connectivity index (χ0v) is 13.6. The molecule has 22 heavy (non-hydrogen) atoms. The van der Waals surface area contributed by atoms with Crippen molar-refractivity contribution in [3.05, 3.63) is 46.0 Å². The zero-order valence-electron chi connectivity index (χ0n) is 12.8. The van der Waals surface area contributed by atoms with Gasteiger partial charge in [0.25, 0.3) is 0 Å². The Kier molecular flexibility index (Phi) is 4.73. The van der Waals surface area contributed by atoms with Crippen LogP contribution < -0.4 is 10.6 Å². The summed E-state index contributed by atoms with van der Waals surface area (Å²) in [4.78, 5) is 17.9. The van der Waals surface area contributed by atoms with Gasteiger partial charge in [-0.05, 0) is 38.2 Å². The number of fused-ring (bicyclic) bond motifs is 1. The van der Waals surface area contributed by atoms with Crippen LogP contribution in [0.4, 0.5) is 9.93 Å². The van der Waals surface area contributed by atoms with Crippen molar-refractivity contribution in [2.75, 3.05) is 5.32 Å². The highest BCUT2D eigenvalue weighted by atomic mass is 32.1. The van der Waals surface area contributed by atoms with Gasteiger partial charge in [0.05, 0.1) is 5.69 Å². The van der Waals surface area contributed by atoms with Crippen LogP contribution in [0.2, 0.25) is 0 Å². The van der Waals surface area contributed by atoms with Crippen molar-refractivity contribution in [2.45, 2.75) is 45.6 Å². The van der Waals surface area contributed by atoms with Gasteiger partial charge in [0.15, 0.2) is 5.13 Å². The molecule has 0 saturated carbocycles. The maximum Gasteiger partial charge on any atom is 0.321 e. The summed E-state index contributed by atoms with van der Waals surface area (Å²) in [5, 5.41) is 6.45. The van der Waals surface area contributed by atoms with Gasteiger partial charge in [-0.1, -0.05) is 36.2 Å². The molecular weight excluding hydrogens is 294 g/mol. The quantitative estimate of drug-likeness (QED) is 0.840. The van der Waals surface area contributed by atoms with Gasteiger partial charge < -0.3 is 5.32 Å². The van der Waals surface area contributed by atoms with E-state index in [-0.39, 0.29) is 6.03 Å². The SMILES string of the molecule is Cc1ccc(CNC(=O)Nc2nc3c(s2)CCCCC3)cc1. The molecule has 0 aliphatic heterocycles. The average molecular weight is 315 g/mol. The molecule has 0 saturated heterocycles. The Morgan fingerprint density at radius 2 is 1.95 bits per heavy atom. The molecular formula is C17H21N3OS. The number of nitrogens with one attached hydrogen (secondary N) is 2. The van der Waals surface area contributed by atoms with Crippen LogP contribution in [-0.2, 0) is 19.4 Å². The van der Waals surface area contributed by atoms with Crippen LogP contribution in [0.15, 0.2) is 24.3 Å². The van der Waals surface area contributed by atoms with E-state index in [9.17, 15) is 4.79 Å². The molecule has 4 nitrogen and oxygen atoms in total. The van der Waals surface area contributed by atoms with Gasteiger partial charge in [0.2, 0.25) is 0 Å². The molecule has 1 aliphatic rings. The minimum atomic E-state index is -0.190. The van der Waals surface area contributed by atoms with Crippen LogP contribution in [0.5, 0.6) is 0 Å². The summed E-state index contributed by atoms with van der Waals surface area (Å²) >= 11 is 1.62. The Hall–Kier alpha value is -1.88. The molecule has 3 rings (SSSR count). The van der Waals surface area contributed by atoms with E-state index in [1.807, 2.05) is 24.3 Å². The molecule has 1 aliphatic carbocycles. The number of carbonyl (C=O) groups is 1. The maximum absolute atomic E-state index is 12.0. The summed E-state index contributed by atoms with van der Waals surface area (Å²) < 4.78 is 0. The molecule has 2 N–H and O–H groups in total. The molecule has 1 aromatic heterocycles. The second-order valence-corrected chi connectivity index (χ2v) is 6.83. The fourth-order valence-corrected chi connectivity index (χ4v) is 3.66. The van der Waals surface area contributed by atoms with Gasteiger partial charge in [0.1, 0.15) is 0 Å². The normalized spacial score (nSPS) is 14.0. The molecule has 0 atom stereocenters. The first-order valence-corrected chi connectivity index (χ1v) is 8.61. The molecule has 1 heterocycles. The van der Waals surface area contributed by atoms with E-state index < -0.39 is 0 Å². The molecule has 0 fully saturated rings. The molecule has 0 radical (unpaired) electrons. The highest BCUT2D eigenvalue weighted by molar-refractivity contribution is 7.15. The van der Waals surface area contributed by atoms with Crippen molar-refractivity contribution in [1.82, 2.24) is 10.3 Å². The van der Waals surface area contributed by atoms with Gasteiger partial charge >= 0.3 is 6.03 Å². The Bertz CT molecular complexity index is 625. The first-order chi connectivity index (χ1) is 10.7. The fourth-order valence-electron chi connectivity index (χ4n) is 2.61. The summed E-state index contributed by atoms with van der Waals surface area (Å²) in [5.41, 5.74) is 3.49. The van der Waals surface area contributed by atoms with E-state index in [0.717, 1.165) is 18.4 Å². The van der Waals surface area contributed by atoms with Crippen molar-refractivity contribution >= 4 is 22.5 Å². The largest absolute Gasteiger partial charge is 0.334 e. The van der Waals surface area contributed by atoms with E-state index in [1.165, 1.54) is 35.4 Å². The number of hydrogen-bond acceptors (Lipinski definition) is 3. The van der Waals surface area contributed by atoms with Crippen LogP contribution in [-0.4, -0.2) is 11.0 Å². The maximum atomic E-state index is 12.0. The van der Waals surface area contributed by atoms with Crippen LogP contribution in [0.25, 0.3) is 0 Å². The smallest absolute Gasteiger partial charge is 0.321 e. The molecule has 0 bridgehead atoms. The Morgan fingerprint density at radius 3 is 2.77 bits per heavy atom. The number of benzene rings is 1. The molecule has 2 amide bonds. The van der Waals surface area contributed by atoms with Crippen molar-refractivity contribution < 1.29 is 4.79 Å². The number of carbonyl (C=O) groups excluding carboxylic acids is 1. The molecule has 0 spiro atoms. The van der Waals surface area contributed by atoms with Gasteiger partial charge in [-0.2, -0.15) is 0 Å². The number of aryl methyl sites for hydroxylation is 3. The van der Waals surface area contributed by atoms with Crippen molar-refractivity contribution in [2.24, 2.45) is 0 Å². The first kappa shape index (κ1) is 15.0. The number of anilines is 1. The molecule has 5 heteroatoms. The highest BCUT2D eigenvalue weighted by Crippen LogP contribution is 2.28. The van der Waals surface area contributed by atoms with Crippen LogP contribution in [0.1, 0.15) is 41.0 Å². The van der Waals surface area contributed by atoms with Crippen LogP contribution >= 0.6 is 11.3 Å². The lowest BCUT2D eigenvalue weighted by Gasteiger charge is -2.06. The number of amides is 2. The van der Waals surface area contributed by atoms with Crippen molar-refractivity contribution in [3.63, 3.8) is 0 Å². The predicted molar refractivity (Wildman–Crippen MR) is 90.4 cm³/mol. The summed E-state index contributed by atoms with van der Waals surface area (Å²) in [7, 11) is 0. The fraction of sp³-hybridized carbons (Fsp3) is 0.412. The lowest BCUT2D eigenvalue weighted by Crippen LogP contribution is -2.28. The standard InChI is InChI=1S/C17H21N3OS/c1-12-7-9-13(10-8-12)11-18-16(21)20-17-19-14-5-3-2-4-6-15(14)22-17/h7-10H,2-6,11H2,1H3,(H2,18,19,20,21). The monoisotopic (exact) mass is 315 g/mol. The number of hydrogen-bond donors (Lipinski definition) is 2.